The van der Waals surface area contributed by atoms with Crippen LogP contribution in [0.3, 0.4) is 0 Å². The van der Waals surface area contributed by atoms with Gasteiger partial charge in [-0.05, 0) is 86.7 Å². The summed E-state index contributed by atoms with van der Waals surface area (Å²) in [6, 6.07) is 7.07. The largest absolute Gasteiger partial charge is 0.364 e. The number of halogens is 1. The van der Waals surface area contributed by atoms with Crippen molar-refractivity contribution in [2.45, 2.75) is 57.9 Å². The Morgan fingerprint density at radius 3 is 2.69 bits per heavy atom. The molecule has 2 aliphatic rings. The summed E-state index contributed by atoms with van der Waals surface area (Å²) in [5.41, 5.74) is 7.58. The van der Waals surface area contributed by atoms with Gasteiger partial charge in [0.05, 0.1) is 17.5 Å². The number of aromatic nitrogens is 3. The predicted molar refractivity (Wildman–Crippen MR) is 138 cm³/mol. The van der Waals surface area contributed by atoms with E-state index in [2.05, 4.69) is 31.5 Å². The Bertz CT molecular complexity index is 1310. The zero-order chi connectivity index (χ0) is 25.4. The minimum absolute atomic E-state index is 0.0475. The van der Waals surface area contributed by atoms with Crippen LogP contribution in [0.25, 0.3) is 0 Å². The van der Waals surface area contributed by atoms with Gasteiger partial charge in [0, 0.05) is 19.0 Å². The minimum atomic E-state index is -0.678. The molecule has 1 saturated heterocycles. The number of primary amides is 1. The van der Waals surface area contributed by atoms with Gasteiger partial charge in [-0.15, -0.1) is 0 Å². The third kappa shape index (κ3) is 5.23. The lowest BCUT2D eigenvalue weighted by atomic mass is 9.88. The van der Waals surface area contributed by atoms with Crippen LogP contribution in [0.5, 0.6) is 0 Å². The van der Waals surface area contributed by atoms with E-state index >= 15 is 0 Å². The third-order valence-corrected chi connectivity index (χ3v) is 7.75. The zero-order valence-electron chi connectivity index (χ0n) is 20.3. The molecule has 8 nitrogen and oxygen atoms in total. The third-order valence-electron chi connectivity index (χ3n) is 6.95. The molecule has 10 heteroatoms. The number of piperidine rings is 1. The van der Waals surface area contributed by atoms with Crippen molar-refractivity contribution in [1.82, 2.24) is 14.3 Å². The highest BCUT2D eigenvalue weighted by molar-refractivity contribution is 7.10. The van der Waals surface area contributed by atoms with Crippen LogP contribution in [0, 0.1) is 18.7 Å². The Hall–Kier alpha value is -3.40. The van der Waals surface area contributed by atoms with Gasteiger partial charge in [-0.25, -0.2) is 14.4 Å². The molecule has 0 spiro atoms. The maximum atomic E-state index is 14.7. The number of Topliss-reactive ketones (excluding diaryl/α,β-unsaturated/α-hetero) is 1. The Morgan fingerprint density at radius 1 is 1.22 bits per heavy atom. The summed E-state index contributed by atoms with van der Waals surface area (Å²) in [7, 11) is 0. The standard InChI is InChI=1S/C26H29FN6O2S/c1-14-9-23(36-32-14)31-26-24(25(28)35)29-12-22(30-26)33-13-16(4-3-15(33)2)10-21(34)19-8-7-18(11-20(19)27)17-5-6-17/h7-9,11-12,15-17H,3-6,10,13H2,1-2H3,(H2,28,35)(H,30,31)/t15-,16-/m1/s1. The summed E-state index contributed by atoms with van der Waals surface area (Å²) < 4.78 is 18.9. The summed E-state index contributed by atoms with van der Waals surface area (Å²) in [6.07, 6.45) is 5.71. The van der Waals surface area contributed by atoms with Crippen molar-refractivity contribution < 1.29 is 14.0 Å². The summed E-state index contributed by atoms with van der Waals surface area (Å²) in [5.74, 6) is 0.0793. The van der Waals surface area contributed by atoms with E-state index in [1.807, 2.05) is 19.1 Å². The molecule has 2 atom stereocenters. The molecule has 0 radical (unpaired) electrons. The number of carbonyl (C=O) groups excluding carboxylic acids is 2. The zero-order valence-corrected chi connectivity index (χ0v) is 21.1. The smallest absolute Gasteiger partial charge is 0.271 e. The molecular weight excluding hydrogens is 479 g/mol. The van der Waals surface area contributed by atoms with Crippen LogP contribution in [0.15, 0.2) is 30.5 Å². The number of benzene rings is 1. The van der Waals surface area contributed by atoms with E-state index in [9.17, 15) is 14.0 Å². The van der Waals surface area contributed by atoms with Crippen LogP contribution in [-0.2, 0) is 0 Å². The number of nitrogens with two attached hydrogens (primary N) is 1. The number of hydrogen-bond donors (Lipinski definition) is 2. The van der Waals surface area contributed by atoms with Crippen LogP contribution in [0.2, 0.25) is 0 Å². The maximum Gasteiger partial charge on any atom is 0.271 e. The van der Waals surface area contributed by atoms with Gasteiger partial charge in [-0.2, -0.15) is 4.37 Å². The summed E-state index contributed by atoms with van der Waals surface area (Å²) >= 11 is 1.26. The topological polar surface area (TPSA) is 114 Å². The second kappa shape index (κ2) is 9.93. The lowest BCUT2D eigenvalue weighted by molar-refractivity contribution is 0.0948. The minimum Gasteiger partial charge on any atom is -0.364 e. The molecule has 1 aromatic carbocycles. The van der Waals surface area contributed by atoms with Gasteiger partial charge in [-0.3, -0.25) is 9.59 Å². The van der Waals surface area contributed by atoms with Gasteiger partial charge < -0.3 is 16.0 Å². The molecule has 188 valence electrons. The van der Waals surface area contributed by atoms with Crippen LogP contribution >= 0.6 is 11.5 Å². The average molecular weight is 509 g/mol. The fourth-order valence-corrected chi connectivity index (χ4v) is 5.45. The van der Waals surface area contributed by atoms with Crippen LogP contribution in [0.4, 0.5) is 21.0 Å². The Kier molecular flexibility index (Phi) is 6.70. The van der Waals surface area contributed by atoms with Gasteiger partial charge in [0.25, 0.3) is 5.91 Å². The molecule has 36 heavy (non-hydrogen) atoms. The Morgan fingerprint density at radius 2 is 2.03 bits per heavy atom. The fourth-order valence-electron chi connectivity index (χ4n) is 4.79. The van der Waals surface area contributed by atoms with E-state index in [-0.39, 0.29) is 41.2 Å². The summed E-state index contributed by atoms with van der Waals surface area (Å²) in [4.78, 5) is 36.0. The number of anilines is 3. The van der Waals surface area contributed by atoms with Gasteiger partial charge in [-0.1, -0.05) is 6.07 Å². The van der Waals surface area contributed by atoms with Crippen molar-refractivity contribution >= 4 is 39.9 Å². The SMILES string of the molecule is Cc1cc(Nc2nc(N3C[C@@H](CC(=O)c4ccc(C5CC5)cc4F)CC[C@H]3C)cnc2C(N)=O)sn1. The number of nitrogens with zero attached hydrogens (tertiary/aromatic N) is 4. The maximum absolute atomic E-state index is 14.7. The average Bonchev–Trinajstić information content (AvgIpc) is 3.62. The van der Waals surface area contributed by atoms with Crippen molar-refractivity contribution in [3.05, 3.63) is 58.8 Å². The van der Waals surface area contributed by atoms with Crippen molar-refractivity contribution in [1.29, 1.82) is 0 Å². The number of aryl methyl sites for hydroxylation is 1. The second-order valence-electron chi connectivity index (χ2n) is 9.83. The predicted octanol–water partition coefficient (Wildman–Crippen LogP) is 4.98. The molecule has 1 amide bonds. The highest BCUT2D eigenvalue weighted by atomic mass is 32.1. The Balaban J connectivity index is 1.33. The number of rotatable bonds is 8. The van der Waals surface area contributed by atoms with Crippen LogP contribution < -0.4 is 16.0 Å². The van der Waals surface area contributed by atoms with E-state index < -0.39 is 11.7 Å². The van der Waals surface area contributed by atoms with E-state index in [0.717, 1.165) is 41.9 Å². The number of ketones is 1. The molecule has 3 aromatic rings. The first kappa shape index (κ1) is 24.3. The summed E-state index contributed by atoms with van der Waals surface area (Å²) in [5, 5.41) is 3.84. The number of amides is 1. The highest BCUT2D eigenvalue weighted by Crippen LogP contribution is 2.40. The lowest BCUT2D eigenvalue weighted by Crippen LogP contribution is -2.43. The summed E-state index contributed by atoms with van der Waals surface area (Å²) in [6.45, 7) is 4.55. The molecular formula is C26H29FN6O2S. The van der Waals surface area contributed by atoms with Crippen LogP contribution in [-0.4, -0.2) is 38.6 Å². The molecule has 0 unspecified atom stereocenters. The molecule has 1 aliphatic carbocycles. The van der Waals surface area contributed by atoms with Crippen molar-refractivity contribution in [2.24, 2.45) is 11.7 Å². The normalized spacial score (nSPS) is 19.8. The molecule has 5 rings (SSSR count). The van der Waals surface area contributed by atoms with Gasteiger partial charge in [0.15, 0.2) is 17.3 Å². The van der Waals surface area contributed by atoms with E-state index in [4.69, 9.17) is 5.73 Å². The second-order valence-corrected chi connectivity index (χ2v) is 10.6. The first-order valence-electron chi connectivity index (χ1n) is 12.2. The first-order valence-corrected chi connectivity index (χ1v) is 13.0. The monoisotopic (exact) mass is 508 g/mol. The van der Waals surface area contributed by atoms with Crippen LogP contribution in [0.1, 0.15) is 77.0 Å². The van der Waals surface area contributed by atoms with E-state index in [1.54, 1.807) is 12.3 Å². The molecule has 0 bridgehead atoms. The molecule has 3 N–H and O–H groups in total. The number of nitrogens with one attached hydrogen (secondary N) is 1. The molecule has 3 heterocycles. The Labute approximate surface area is 213 Å². The number of carbonyl (C=O) groups is 2. The molecule has 2 fully saturated rings. The number of hydrogen-bond acceptors (Lipinski definition) is 8. The van der Waals surface area contributed by atoms with Gasteiger partial charge in [0.2, 0.25) is 0 Å². The fraction of sp³-hybridized carbons (Fsp3) is 0.423. The van der Waals surface area contributed by atoms with E-state index in [0.29, 0.717) is 18.3 Å². The van der Waals surface area contributed by atoms with Crippen molar-refractivity contribution in [3.8, 4) is 0 Å². The quantitative estimate of drug-likeness (QED) is 0.413. The molecule has 2 aromatic heterocycles. The molecule has 1 saturated carbocycles. The van der Waals surface area contributed by atoms with Crippen molar-refractivity contribution in [2.75, 3.05) is 16.8 Å². The van der Waals surface area contributed by atoms with Gasteiger partial charge in [0.1, 0.15) is 16.6 Å². The van der Waals surface area contributed by atoms with Gasteiger partial charge >= 0.3 is 0 Å². The first-order chi connectivity index (χ1) is 17.3. The van der Waals surface area contributed by atoms with Crippen molar-refractivity contribution in [3.63, 3.8) is 0 Å². The van der Waals surface area contributed by atoms with E-state index in [1.165, 1.54) is 17.6 Å². The highest BCUT2D eigenvalue weighted by Gasteiger charge is 2.30. The molecule has 1 aliphatic heterocycles. The lowest BCUT2D eigenvalue weighted by Gasteiger charge is -2.38.